The Morgan fingerprint density at radius 2 is 1.53 bits per heavy atom. The SMILES string of the molecule is CC(C)(C)OC(=O)/C=C1/C(=O)N2[C@@H]1SC(C)(C)[C@@H]2C(=O)OC(c1ccccc1)c1ccccc1. The highest BCUT2D eigenvalue weighted by molar-refractivity contribution is 8.01. The molecule has 0 spiro atoms. The number of carbonyl (C=O) groups excluding carboxylic acids is 3. The molecule has 2 aromatic rings. The largest absolute Gasteiger partial charge is 0.457 e. The molecular formula is C27H29NO5S. The number of esters is 2. The molecule has 0 N–H and O–H groups in total. The fourth-order valence-corrected chi connectivity index (χ4v) is 5.80. The highest BCUT2D eigenvalue weighted by atomic mass is 32.2. The van der Waals surface area contributed by atoms with Gasteiger partial charge in [0, 0.05) is 10.8 Å². The van der Waals surface area contributed by atoms with Gasteiger partial charge in [0.05, 0.1) is 5.57 Å². The topological polar surface area (TPSA) is 72.9 Å². The van der Waals surface area contributed by atoms with Crippen LogP contribution < -0.4 is 0 Å². The third kappa shape index (κ3) is 4.75. The van der Waals surface area contributed by atoms with Crippen molar-refractivity contribution in [3.05, 3.63) is 83.4 Å². The van der Waals surface area contributed by atoms with Crippen molar-refractivity contribution >= 4 is 29.6 Å². The van der Waals surface area contributed by atoms with Crippen molar-refractivity contribution < 1.29 is 23.9 Å². The van der Waals surface area contributed by atoms with Crippen LogP contribution in [0.5, 0.6) is 0 Å². The van der Waals surface area contributed by atoms with Crippen LogP contribution in [0.1, 0.15) is 51.8 Å². The predicted molar refractivity (Wildman–Crippen MR) is 131 cm³/mol. The van der Waals surface area contributed by atoms with Gasteiger partial charge in [-0.05, 0) is 45.7 Å². The number of β-lactam (4-membered cyclic amide) rings is 1. The Bertz CT molecular complexity index is 1080. The van der Waals surface area contributed by atoms with Gasteiger partial charge in [0.2, 0.25) is 0 Å². The average Bonchev–Trinajstić information content (AvgIpc) is 3.03. The van der Waals surface area contributed by atoms with Crippen molar-refractivity contribution in [2.75, 3.05) is 0 Å². The molecule has 4 rings (SSSR count). The quantitative estimate of drug-likeness (QED) is 0.353. The lowest BCUT2D eigenvalue weighted by Crippen LogP contribution is -2.59. The van der Waals surface area contributed by atoms with Gasteiger partial charge in [0.1, 0.15) is 17.0 Å². The van der Waals surface area contributed by atoms with Gasteiger partial charge in [-0.3, -0.25) is 4.79 Å². The number of fused-ring (bicyclic) bond motifs is 1. The van der Waals surface area contributed by atoms with Gasteiger partial charge >= 0.3 is 11.9 Å². The molecule has 2 atom stereocenters. The van der Waals surface area contributed by atoms with Crippen LogP contribution in [0.15, 0.2) is 72.3 Å². The molecule has 2 heterocycles. The summed E-state index contributed by atoms with van der Waals surface area (Å²) in [5, 5.41) is -0.389. The monoisotopic (exact) mass is 479 g/mol. The van der Waals surface area contributed by atoms with Crippen LogP contribution in [0.4, 0.5) is 0 Å². The molecule has 2 aliphatic rings. The second-order valence-corrected chi connectivity index (χ2v) is 11.7. The lowest BCUT2D eigenvalue weighted by atomic mass is 9.95. The Labute approximate surface area is 204 Å². The van der Waals surface area contributed by atoms with E-state index in [1.54, 1.807) is 20.8 Å². The zero-order valence-corrected chi connectivity index (χ0v) is 20.8. The summed E-state index contributed by atoms with van der Waals surface area (Å²) in [5.41, 5.74) is 1.40. The normalized spacial score (nSPS) is 22.4. The second kappa shape index (κ2) is 8.95. The summed E-state index contributed by atoms with van der Waals surface area (Å²) >= 11 is 1.47. The van der Waals surface area contributed by atoms with E-state index in [0.29, 0.717) is 5.57 Å². The van der Waals surface area contributed by atoms with Crippen molar-refractivity contribution in [2.24, 2.45) is 0 Å². The van der Waals surface area contributed by atoms with Gasteiger partial charge < -0.3 is 14.4 Å². The minimum absolute atomic E-state index is 0.341. The number of rotatable bonds is 5. The van der Waals surface area contributed by atoms with Gasteiger partial charge in [0.25, 0.3) is 5.91 Å². The van der Waals surface area contributed by atoms with Gasteiger partial charge in [-0.15, -0.1) is 11.8 Å². The summed E-state index contributed by atoms with van der Waals surface area (Å²) < 4.78 is 10.8. The molecule has 2 saturated heterocycles. The van der Waals surface area contributed by atoms with Crippen LogP contribution in [0.3, 0.4) is 0 Å². The summed E-state index contributed by atoms with van der Waals surface area (Å²) in [6.07, 6.45) is 0.658. The summed E-state index contributed by atoms with van der Waals surface area (Å²) in [7, 11) is 0. The van der Waals surface area contributed by atoms with Crippen LogP contribution in [0.2, 0.25) is 0 Å². The van der Waals surface area contributed by atoms with Gasteiger partial charge in [0.15, 0.2) is 6.10 Å². The second-order valence-electron chi connectivity index (χ2n) is 9.96. The Hall–Kier alpha value is -3.06. The van der Waals surface area contributed by atoms with Crippen molar-refractivity contribution in [3.8, 4) is 0 Å². The molecule has 0 aliphatic carbocycles. The van der Waals surface area contributed by atoms with E-state index in [1.165, 1.54) is 22.7 Å². The van der Waals surface area contributed by atoms with E-state index in [1.807, 2.05) is 74.5 Å². The van der Waals surface area contributed by atoms with E-state index in [2.05, 4.69) is 0 Å². The van der Waals surface area contributed by atoms with Crippen molar-refractivity contribution in [1.82, 2.24) is 4.90 Å². The number of hydrogen-bond acceptors (Lipinski definition) is 6. The first-order valence-corrected chi connectivity index (χ1v) is 12.1. The van der Waals surface area contributed by atoms with Crippen molar-refractivity contribution in [1.29, 1.82) is 0 Å². The molecule has 34 heavy (non-hydrogen) atoms. The molecule has 0 aromatic heterocycles. The zero-order valence-electron chi connectivity index (χ0n) is 20.0. The molecule has 0 unspecified atom stereocenters. The third-order valence-electron chi connectivity index (χ3n) is 5.69. The molecule has 6 nitrogen and oxygen atoms in total. The highest BCUT2D eigenvalue weighted by Crippen LogP contribution is 2.53. The van der Waals surface area contributed by atoms with Gasteiger partial charge in [-0.2, -0.15) is 0 Å². The summed E-state index contributed by atoms with van der Waals surface area (Å²) in [6, 6.07) is 18.3. The van der Waals surface area contributed by atoms with Gasteiger partial charge in [-0.1, -0.05) is 60.7 Å². The molecule has 7 heteroatoms. The first kappa shape index (κ1) is 24.1. The minimum Gasteiger partial charge on any atom is -0.457 e. The first-order chi connectivity index (χ1) is 16.0. The molecule has 2 aromatic carbocycles. The summed E-state index contributed by atoms with van der Waals surface area (Å²) in [6.45, 7) is 9.15. The standard InChI is InChI=1S/C27H29NO5S/c1-26(2,3)33-20(29)16-19-23(30)28-22(27(4,5)34-24(19)28)25(31)32-21(17-12-8-6-9-13-17)18-14-10-7-11-15-18/h6-16,21-22,24H,1-5H3/b19-16-/t22-,24+/m0/s1. The van der Waals surface area contributed by atoms with E-state index in [-0.39, 0.29) is 11.3 Å². The number of thioether (sulfide) groups is 1. The molecule has 0 bridgehead atoms. The lowest BCUT2D eigenvalue weighted by Gasteiger charge is -2.39. The highest BCUT2D eigenvalue weighted by Gasteiger charge is 2.62. The lowest BCUT2D eigenvalue weighted by molar-refractivity contribution is -0.160. The summed E-state index contributed by atoms with van der Waals surface area (Å²) in [4.78, 5) is 40.3. The van der Waals surface area contributed by atoms with Crippen LogP contribution in [-0.2, 0) is 23.9 Å². The van der Waals surface area contributed by atoms with Crippen LogP contribution >= 0.6 is 11.8 Å². The smallest absolute Gasteiger partial charge is 0.331 e. The van der Waals surface area contributed by atoms with E-state index < -0.39 is 34.4 Å². The van der Waals surface area contributed by atoms with E-state index in [0.717, 1.165) is 11.1 Å². The van der Waals surface area contributed by atoms with Crippen molar-refractivity contribution in [3.63, 3.8) is 0 Å². The number of amides is 1. The predicted octanol–water partition coefficient (Wildman–Crippen LogP) is 4.65. The Kier molecular flexibility index (Phi) is 6.34. The molecule has 0 radical (unpaired) electrons. The van der Waals surface area contributed by atoms with Crippen molar-refractivity contribution in [2.45, 2.75) is 62.5 Å². The number of ether oxygens (including phenoxy) is 2. The van der Waals surface area contributed by atoms with Crippen LogP contribution in [0.25, 0.3) is 0 Å². The molecule has 0 saturated carbocycles. The maximum atomic E-state index is 13.5. The van der Waals surface area contributed by atoms with E-state index in [4.69, 9.17) is 9.47 Å². The summed E-state index contributed by atoms with van der Waals surface area (Å²) in [5.74, 6) is -1.37. The number of carbonyl (C=O) groups is 3. The maximum Gasteiger partial charge on any atom is 0.331 e. The number of hydrogen-bond donors (Lipinski definition) is 0. The Morgan fingerprint density at radius 3 is 2.03 bits per heavy atom. The van der Waals surface area contributed by atoms with Gasteiger partial charge in [-0.25, -0.2) is 9.59 Å². The number of benzene rings is 2. The first-order valence-electron chi connectivity index (χ1n) is 11.2. The Morgan fingerprint density at radius 1 is 1.00 bits per heavy atom. The average molecular weight is 480 g/mol. The van der Waals surface area contributed by atoms with Crippen LogP contribution in [0, 0.1) is 0 Å². The zero-order chi connectivity index (χ0) is 24.7. The van der Waals surface area contributed by atoms with Crippen LogP contribution in [-0.4, -0.2) is 44.5 Å². The molecule has 1 amide bonds. The Balaban J connectivity index is 1.57. The molecule has 178 valence electrons. The fraction of sp³-hybridized carbons (Fsp3) is 0.370. The molecular weight excluding hydrogens is 450 g/mol. The molecule has 2 fully saturated rings. The van der Waals surface area contributed by atoms with E-state index >= 15 is 0 Å². The minimum atomic E-state index is -0.777. The number of nitrogens with zero attached hydrogens (tertiary/aromatic N) is 1. The van der Waals surface area contributed by atoms with E-state index in [9.17, 15) is 14.4 Å². The maximum absolute atomic E-state index is 13.5. The molecule has 2 aliphatic heterocycles. The third-order valence-corrected chi connectivity index (χ3v) is 7.23. The fourth-order valence-electron chi connectivity index (χ4n) is 4.26.